The van der Waals surface area contributed by atoms with Crippen LogP contribution in [0.25, 0.3) is 6.08 Å². The highest BCUT2D eigenvalue weighted by Crippen LogP contribution is 2.27. The Balaban J connectivity index is 1.61. The first-order chi connectivity index (χ1) is 12.7. The van der Waals surface area contributed by atoms with Gasteiger partial charge < -0.3 is 15.5 Å². The monoisotopic (exact) mass is 348 g/mol. The topological polar surface area (TPSA) is 57.3 Å². The highest BCUT2D eigenvalue weighted by molar-refractivity contribution is 6.03. The number of ketones is 1. The van der Waals surface area contributed by atoms with Crippen LogP contribution in [0.15, 0.2) is 42.2 Å². The van der Waals surface area contributed by atoms with E-state index in [1.54, 1.807) is 6.20 Å². The van der Waals surface area contributed by atoms with Gasteiger partial charge in [-0.1, -0.05) is 6.07 Å². The Morgan fingerprint density at radius 3 is 2.77 bits per heavy atom. The lowest BCUT2D eigenvalue weighted by Gasteiger charge is -2.30. The van der Waals surface area contributed by atoms with E-state index in [4.69, 9.17) is 0 Å². The summed E-state index contributed by atoms with van der Waals surface area (Å²) in [5, 5.41) is 6.60. The number of Topliss-reactive ketones (excluding diaryl/α,β-unsaturated/α-hetero) is 1. The SMILES string of the molecule is Cc1ccnc(NC2=Cc3ccc(N4CCNCC4)cc3CCC2=O)c1. The Hall–Kier alpha value is -2.66. The molecule has 2 aromatic rings. The van der Waals surface area contributed by atoms with Gasteiger partial charge >= 0.3 is 0 Å². The Morgan fingerprint density at radius 2 is 1.96 bits per heavy atom. The number of allylic oxidation sites excluding steroid dienone is 1. The first-order valence-corrected chi connectivity index (χ1v) is 9.22. The lowest BCUT2D eigenvalue weighted by atomic mass is 10.0. The number of fused-ring (bicyclic) bond motifs is 1. The van der Waals surface area contributed by atoms with Gasteiger partial charge in [-0.3, -0.25) is 4.79 Å². The Labute approximate surface area is 154 Å². The maximum Gasteiger partial charge on any atom is 0.179 e. The second-order valence-corrected chi connectivity index (χ2v) is 6.94. The van der Waals surface area contributed by atoms with E-state index in [1.165, 1.54) is 11.3 Å². The molecule has 1 fully saturated rings. The number of benzene rings is 1. The maximum absolute atomic E-state index is 12.6. The summed E-state index contributed by atoms with van der Waals surface area (Å²) in [6.45, 7) is 6.11. The van der Waals surface area contributed by atoms with Crippen molar-refractivity contribution in [1.29, 1.82) is 0 Å². The molecule has 1 saturated heterocycles. The molecule has 0 spiro atoms. The van der Waals surface area contributed by atoms with Gasteiger partial charge in [-0.2, -0.15) is 0 Å². The predicted molar refractivity (Wildman–Crippen MR) is 105 cm³/mol. The van der Waals surface area contributed by atoms with Crippen molar-refractivity contribution < 1.29 is 4.79 Å². The van der Waals surface area contributed by atoms with E-state index in [1.807, 2.05) is 25.1 Å². The molecule has 134 valence electrons. The molecule has 1 aromatic heterocycles. The quantitative estimate of drug-likeness (QED) is 0.893. The van der Waals surface area contributed by atoms with Gasteiger partial charge in [0.2, 0.25) is 0 Å². The van der Waals surface area contributed by atoms with Crippen LogP contribution in [0, 0.1) is 6.92 Å². The molecule has 0 radical (unpaired) electrons. The van der Waals surface area contributed by atoms with Gasteiger partial charge in [0.05, 0.1) is 5.70 Å². The number of rotatable bonds is 3. The molecular formula is C21H24N4O. The number of nitrogens with zero attached hydrogens (tertiary/aromatic N) is 2. The van der Waals surface area contributed by atoms with Crippen molar-refractivity contribution in [1.82, 2.24) is 10.3 Å². The van der Waals surface area contributed by atoms with E-state index in [0.717, 1.165) is 43.7 Å². The van der Waals surface area contributed by atoms with E-state index in [-0.39, 0.29) is 5.78 Å². The molecule has 5 nitrogen and oxygen atoms in total. The van der Waals surface area contributed by atoms with Crippen LogP contribution in [-0.2, 0) is 11.2 Å². The zero-order chi connectivity index (χ0) is 17.9. The number of hydrogen-bond acceptors (Lipinski definition) is 5. The number of anilines is 2. The van der Waals surface area contributed by atoms with Crippen LogP contribution in [0.4, 0.5) is 11.5 Å². The van der Waals surface area contributed by atoms with Crippen molar-refractivity contribution in [3.63, 3.8) is 0 Å². The summed E-state index contributed by atoms with van der Waals surface area (Å²) in [7, 11) is 0. The molecule has 2 aliphatic rings. The molecule has 1 aromatic carbocycles. The fourth-order valence-electron chi connectivity index (χ4n) is 3.54. The van der Waals surface area contributed by atoms with Gasteiger partial charge in [-0.05, 0) is 60.4 Å². The summed E-state index contributed by atoms with van der Waals surface area (Å²) in [5.41, 5.74) is 5.35. The van der Waals surface area contributed by atoms with Crippen LogP contribution >= 0.6 is 0 Å². The average molecular weight is 348 g/mol. The third-order valence-corrected chi connectivity index (χ3v) is 5.01. The molecule has 0 unspecified atom stereocenters. The van der Waals surface area contributed by atoms with Crippen LogP contribution < -0.4 is 15.5 Å². The average Bonchev–Trinajstić information content (AvgIpc) is 2.81. The van der Waals surface area contributed by atoms with Crippen molar-refractivity contribution in [3.8, 4) is 0 Å². The van der Waals surface area contributed by atoms with Crippen molar-refractivity contribution in [2.45, 2.75) is 19.8 Å². The fraction of sp³-hybridized carbons (Fsp3) is 0.333. The molecule has 2 N–H and O–H groups in total. The van der Waals surface area contributed by atoms with Crippen LogP contribution in [-0.4, -0.2) is 36.9 Å². The lowest BCUT2D eigenvalue weighted by molar-refractivity contribution is -0.115. The lowest BCUT2D eigenvalue weighted by Crippen LogP contribution is -2.43. The molecule has 0 amide bonds. The Bertz CT molecular complexity index is 853. The summed E-state index contributed by atoms with van der Waals surface area (Å²) in [6, 6.07) is 10.4. The van der Waals surface area contributed by atoms with Gasteiger partial charge in [0.1, 0.15) is 5.82 Å². The van der Waals surface area contributed by atoms with Gasteiger partial charge in [0.15, 0.2) is 5.78 Å². The van der Waals surface area contributed by atoms with Gasteiger partial charge in [0, 0.05) is 44.5 Å². The summed E-state index contributed by atoms with van der Waals surface area (Å²) >= 11 is 0. The number of aromatic nitrogens is 1. The van der Waals surface area contributed by atoms with Crippen molar-refractivity contribution >= 4 is 23.4 Å². The van der Waals surface area contributed by atoms with E-state index in [2.05, 4.69) is 38.7 Å². The molecule has 0 bridgehead atoms. The normalized spacial score (nSPS) is 17.3. The van der Waals surface area contributed by atoms with Crippen LogP contribution in [0.3, 0.4) is 0 Å². The maximum atomic E-state index is 12.6. The number of hydrogen-bond donors (Lipinski definition) is 2. The summed E-state index contributed by atoms with van der Waals surface area (Å²) in [5.74, 6) is 0.846. The van der Waals surface area contributed by atoms with Crippen molar-refractivity contribution in [2.24, 2.45) is 0 Å². The minimum Gasteiger partial charge on any atom is -0.369 e. The molecule has 5 heteroatoms. The molecule has 1 aliphatic heterocycles. The minimum absolute atomic E-state index is 0.133. The fourth-order valence-corrected chi connectivity index (χ4v) is 3.54. The van der Waals surface area contributed by atoms with Crippen molar-refractivity contribution in [3.05, 3.63) is 58.9 Å². The highest BCUT2D eigenvalue weighted by Gasteiger charge is 2.18. The molecule has 0 saturated carbocycles. The smallest absolute Gasteiger partial charge is 0.179 e. The molecular weight excluding hydrogens is 324 g/mol. The summed E-state index contributed by atoms with van der Waals surface area (Å²) in [6.07, 6.45) is 5.02. The summed E-state index contributed by atoms with van der Waals surface area (Å²) in [4.78, 5) is 19.3. The molecule has 1 aliphatic carbocycles. The largest absolute Gasteiger partial charge is 0.369 e. The van der Waals surface area contributed by atoms with Gasteiger partial charge in [-0.25, -0.2) is 4.98 Å². The van der Waals surface area contributed by atoms with Gasteiger partial charge in [0.25, 0.3) is 0 Å². The van der Waals surface area contributed by atoms with Gasteiger partial charge in [-0.15, -0.1) is 0 Å². The number of nitrogens with one attached hydrogen (secondary N) is 2. The molecule has 4 rings (SSSR count). The second kappa shape index (κ2) is 7.30. The van der Waals surface area contributed by atoms with Crippen LogP contribution in [0.1, 0.15) is 23.1 Å². The Morgan fingerprint density at radius 1 is 1.12 bits per heavy atom. The third-order valence-electron chi connectivity index (χ3n) is 5.01. The van der Waals surface area contributed by atoms with Crippen LogP contribution in [0.2, 0.25) is 0 Å². The van der Waals surface area contributed by atoms with E-state index >= 15 is 0 Å². The third kappa shape index (κ3) is 3.63. The van der Waals surface area contributed by atoms with E-state index < -0.39 is 0 Å². The minimum atomic E-state index is 0.133. The van der Waals surface area contributed by atoms with Crippen LogP contribution in [0.5, 0.6) is 0 Å². The number of carbonyl (C=O) groups is 1. The zero-order valence-corrected chi connectivity index (χ0v) is 15.1. The zero-order valence-electron chi connectivity index (χ0n) is 15.1. The highest BCUT2D eigenvalue weighted by atomic mass is 16.1. The van der Waals surface area contributed by atoms with E-state index in [0.29, 0.717) is 17.9 Å². The predicted octanol–water partition coefficient (Wildman–Crippen LogP) is 2.77. The standard InChI is InChI=1S/C21H24N4O/c1-15-6-7-23-21(12-15)24-19-14-17-2-4-18(25-10-8-22-9-11-25)13-16(17)3-5-20(19)26/h2,4,6-7,12-14,22H,3,5,8-11H2,1H3,(H,23,24). The Kier molecular flexibility index (Phi) is 4.71. The van der Waals surface area contributed by atoms with E-state index in [9.17, 15) is 4.79 Å². The van der Waals surface area contributed by atoms with Crippen molar-refractivity contribution in [2.75, 3.05) is 36.4 Å². The number of carbonyl (C=O) groups excluding carboxylic acids is 1. The summed E-state index contributed by atoms with van der Waals surface area (Å²) < 4.78 is 0. The molecule has 0 atom stereocenters. The second-order valence-electron chi connectivity index (χ2n) is 6.94. The number of piperazine rings is 1. The number of pyridine rings is 1. The molecule has 2 heterocycles. The number of aryl methyl sites for hydroxylation is 2. The first kappa shape index (κ1) is 16.8. The first-order valence-electron chi connectivity index (χ1n) is 9.22. The molecule has 26 heavy (non-hydrogen) atoms.